The molecule has 0 aromatic carbocycles. The quantitative estimate of drug-likeness (QED) is 0.688. The van der Waals surface area contributed by atoms with Crippen LogP contribution in [0, 0.1) is 6.92 Å². The van der Waals surface area contributed by atoms with Crippen molar-refractivity contribution in [3.05, 3.63) is 47.2 Å². The molecule has 7 nitrogen and oxygen atoms in total. The number of thiophene rings is 1. The molecule has 0 radical (unpaired) electrons. The zero-order valence-electron chi connectivity index (χ0n) is 15.2. The van der Waals surface area contributed by atoms with Crippen LogP contribution >= 0.6 is 11.3 Å². The van der Waals surface area contributed by atoms with Gasteiger partial charge in [0.2, 0.25) is 11.8 Å². The number of amides is 1. The molecule has 4 heterocycles. The lowest BCUT2D eigenvalue weighted by molar-refractivity contribution is 0.0751. The topological polar surface area (TPSA) is 71.7 Å². The monoisotopic (exact) mass is 384 g/mol. The van der Waals surface area contributed by atoms with Crippen LogP contribution in [0.5, 0.6) is 5.88 Å². The summed E-state index contributed by atoms with van der Waals surface area (Å²) in [5.41, 5.74) is 0. The molecule has 0 N–H and O–H groups in total. The molecule has 4 rings (SSSR count). The highest BCUT2D eigenvalue weighted by molar-refractivity contribution is 7.17. The molecule has 1 aliphatic heterocycles. The number of furan rings is 1. The molecule has 3 aromatic heterocycles. The van der Waals surface area contributed by atoms with Gasteiger partial charge in [-0.25, -0.2) is 4.98 Å². The van der Waals surface area contributed by atoms with Crippen molar-refractivity contribution in [3.63, 3.8) is 0 Å². The molecule has 1 saturated heterocycles. The molecule has 0 bridgehead atoms. The van der Waals surface area contributed by atoms with Crippen molar-refractivity contribution in [1.82, 2.24) is 14.9 Å². The second-order valence-electron chi connectivity index (χ2n) is 6.25. The van der Waals surface area contributed by atoms with E-state index < -0.39 is 0 Å². The zero-order chi connectivity index (χ0) is 18.8. The predicted molar refractivity (Wildman–Crippen MR) is 103 cm³/mol. The first-order valence-electron chi connectivity index (χ1n) is 8.72. The van der Waals surface area contributed by atoms with Crippen LogP contribution in [0.25, 0.3) is 10.6 Å². The first kappa shape index (κ1) is 17.5. The average molecular weight is 384 g/mol. The minimum Gasteiger partial charge on any atom is -0.481 e. The Morgan fingerprint density at radius 3 is 2.67 bits per heavy atom. The fourth-order valence-electron chi connectivity index (χ4n) is 3.02. The summed E-state index contributed by atoms with van der Waals surface area (Å²) in [6.07, 6.45) is 1.68. The van der Waals surface area contributed by atoms with Crippen LogP contribution in [0.4, 0.5) is 5.95 Å². The van der Waals surface area contributed by atoms with Crippen molar-refractivity contribution in [3.8, 4) is 16.5 Å². The summed E-state index contributed by atoms with van der Waals surface area (Å²) < 4.78 is 10.8. The Kier molecular flexibility index (Phi) is 4.81. The normalized spacial score (nSPS) is 14.4. The molecular formula is C19H20N4O3S. The van der Waals surface area contributed by atoms with E-state index in [0.29, 0.717) is 38.0 Å². The zero-order valence-corrected chi connectivity index (χ0v) is 16.0. The number of anilines is 1. The van der Waals surface area contributed by atoms with Gasteiger partial charge in [-0.05, 0) is 31.2 Å². The van der Waals surface area contributed by atoms with Gasteiger partial charge in [0, 0.05) is 38.4 Å². The molecule has 0 unspecified atom stereocenters. The largest absolute Gasteiger partial charge is 0.481 e. The van der Waals surface area contributed by atoms with E-state index in [1.165, 1.54) is 11.3 Å². The first-order valence-corrected chi connectivity index (χ1v) is 9.53. The number of hydrogen-bond acceptors (Lipinski definition) is 7. The van der Waals surface area contributed by atoms with Gasteiger partial charge < -0.3 is 19.0 Å². The number of rotatable bonds is 4. The summed E-state index contributed by atoms with van der Waals surface area (Å²) in [4.78, 5) is 27.1. The number of aryl methyl sites for hydroxylation is 1. The lowest BCUT2D eigenvalue weighted by Crippen LogP contribution is -2.49. The molecule has 1 amide bonds. The van der Waals surface area contributed by atoms with Crippen LogP contribution in [-0.4, -0.2) is 54.1 Å². The molecule has 0 spiro atoms. The van der Waals surface area contributed by atoms with Gasteiger partial charge in [-0.2, -0.15) is 4.98 Å². The maximum absolute atomic E-state index is 12.8. The van der Waals surface area contributed by atoms with Gasteiger partial charge >= 0.3 is 0 Å². The SMILES string of the molecule is COc1ccnc(N2CCN(C(=O)c3ccc(-c4ccc(C)o4)s3)CC2)n1. The number of hydrogen-bond donors (Lipinski definition) is 0. The van der Waals surface area contributed by atoms with Gasteiger partial charge in [0.25, 0.3) is 5.91 Å². The summed E-state index contributed by atoms with van der Waals surface area (Å²) in [6, 6.07) is 9.39. The van der Waals surface area contributed by atoms with E-state index in [-0.39, 0.29) is 5.91 Å². The number of carbonyl (C=O) groups is 1. The Morgan fingerprint density at radius 1 is 1.15 bits per heavy atom. The summed E-state index contributed by atoms with van der Waals surface area (Å²) in [6.45, 7) is 4.55. The highest BCUT2D eigenvalue weighted by Crippen LogP contribution is 2.30. The minimum absolute atomic E-state index is 0.0562. The van der Waals surface area contributed by atoms with Crippen LogP contribution in [0.2, 0.25) is 0 Å². The number of piperazine rings is 1. The number of methoxy groups -OCH3 is 1. The van der Waals surface area contributed by atoms with Crippen molar-refractivity contribution < 1.29 is 13.9 Å². The van der Waals surface area contributed by atoms with E-state index in [0.717, 1.165) is 21.3 Å². The van der Waals surface area contributed by atoms with Crippen molar-refractivity contribution in [1.29, 1.82) is 0 Å². The van der Waals surface area contributed by atoms with Gasteiger partial charge in [-0.3, -0.25) is 4.79 Å². The molecule has 0 aliphatic carbocycles. The van der Waals surface area contributed by atoms with E-state index in [4.69, 9.17) is 9.15 Å². The second kappa shape index (κ2) is 7.40. The van der Waals surface area contributed by atoms with E-state index in [1.807, 2.05) is 36.1 Å². The molecule has 1 fully saturated rings. The minimum atomic E-state index is 0.0562. The fraction of sp³-hybridized carbons (Fsp3) is 0.316. The van der Waals surface area contributed by atoms with Crippen LogP contribution in [0.15, 0.2) is 40.9 Å². The Balaban J connectivity index is 1.41. The number of aromatic nitrogens is 2. The van der Waals surface area contributed by atoms with Gasteiger partial charge in [0.15, 0.2) is 0 Å². The molecular weight excluding hydrogens is 364 g/mol. The van der Waals surface area contributed by atoms with Crippen LogP contribution in [-0.2, 0) is 0 Å². The molecule has 27 heavy (non-hydrogen) atoms. The standard InChI is InChI=1S/C19H20N4O3S/c1-13-3-4-14(26-13)15-5-6-16(27-15)18(24)22-9-11-23(12-10-22)19-20-8-7-17(21-19)25-2/h3-8H,9-12H2,1-2H3. The van der Waals surface area contributed by atoms with E-state index >= 15 is 0 Å². The molecule has 0 saturated carbocycles. The lowest BCUT2D eigenvalue weighted by Gasteiger charge is -2.34. The summed E-state index contributed by atoms with van der Waals surface area (Å²) in [5, 5.41) is 0. The highest BCUT2D eigenvalue weighted by atomic mass is 32.1. The molecule has 3 aromatic rings. The van der Waals surface area contributed by atoms with Gasteiger partial charge in [-0.1, -0.05) is 0 Å². The van der Waals surface area contributed by atoms with Crippen molar-refractivity contribution in [2.75, 3.05) is 38.2 Å². The summed E-state index contributed by atoms with van der Waals surface area (Å²) in [5.74, 6) is 2.89. The molecule has 140 valence electrons. The maximum Gasteiger partial charge on any atom is 0.264 e. The second-order valence-corrected chi connectivity index (χ2v) is 7.34. The van der Waals surface area contributed by atoms with Gasteiger partial charge in [0.1, 0.15) is 11.5 Å². The number of carbonyl (C=O) groups excluding carboxylic acids is 1. The summed E-state index contributed by atoms with van der Waals surface area (Å²) >= 11 is 1.46. The summed E-state index contributed by atoms with van der Waals surface area (Å²) in [7, 11) is 1.59. The van der Waals surface area contributed by atoms with Gasteiger partial charge in [0.05, 0.1) is 16.9 Å². The van der Waals surface area contributed by atoms with Crippen LogP contribution < -0.4 is 9.64 Å². The number of nitrogens with zero attached hydrogens (tertiary/aromatic N) is 4. The Bertz CT molecular complexity index is 944. The van der Waals surface area contributed by atoms with Crippen molar-refractivity contribution in [2.45, 2.75) is 6.92 Å². The van der Waals surface area contributed by atoms with E-state index in [1.54, 1.807) is 19.4 Å². The Labute approximate surface area is 161 Å². The van der Waals surface area contributed by atoms with E-state index in [9.17, 15) is 4.79 Å². The first-order chi connectivity index (χ1) is 13.1. The Morgan fingerprint density at radius 2 is 1.96 bits per heavy atom. The number of ether oxygens (including phenoxy) is 1. The van der Waals surface area contributed by atoms with Crippen LogP contribution in [0.1, 0.15) is 15.4 Å². The third-order valence-electron chi connectivity index (χ3n) is 4.48. The Hall–Kier alpha value is -2.87. The predicted octanol–water partition coefficient (Wildman–Crippen LogP) is 3.08. The third-order valence-corrected chi connectivity index (χ3v) is 5.56. The lowest BCUT2D eigenvalue weighted by atomic mass is 10.3. The molecule has 0 atom stereocenters. The van der Waals surface area contributed by atoms with Crippen molar-refractivity contribution in [2.24, 2.45) is 0 Å². The maximum atomic E-state index is 12.8. The fourth-order valence-corrected chi connectivity index (χ4v) is 3.95. The van der Waals surface area contributed by atoms with Gasteiger partial charge in [-0.15, -0.1) is 11.3 Å². The average Bonchev–Trinajstić information content (AvgIpc) is 3.37. The molecule has 1 aliphatic rings. The third kappa shape index (κ3) is 3.66. The smallest absolute Gasteiger partial charge is 0.264 e. The van der Waals surface area contributed by atoms with E-state index in [2.05, 4.69) is 14.9 Å². The van der Waals surface area contributed by atoms with Crippen LogP contribution in [0.3, 0.4) is 0 Å². The van der Waals surface area contributed by atoms with Crippen molar-refractivity contribution >= 4 is 23.2 Å². The molecule has 8 heteroatoms. The highest BCUT2D eigenvalue weighted by Gasteiger charge is 2.25.